The van der Waals surface area contributed by atoms with Crippen LogP contribution >= 0.6 is 0 Å². The highest BCUT2D eigenvalue weighted by molar-refractivity contribution is 5.10. The van der Waals surface area contributed by atoms with E-state index >= 15 is 0 Å². The Kier molecular flexibility index (Phi) is 5.14. The van der Waals surface area contributed by atoms with E-state index in [0.29, 0.717) is 0 Å². The third-order valence-corrected chi connectivity index (χ3v) is 4.02. The van der Waals surface area contributed by atoms with Crippen LogP contribution in [0.4, 0.5) is 0 Å². The summed E-state index contributed by atoms with van der Waals surface area (Å²) in [5.74, 6) is 0. The quantitative estimate of drug-likeness (QED) is 0.834. The molecule has 0 aliphatic heterocycles. The summed E-state index contributed by atoms with van der Waals surface area (Å²) in [6.07, 6.45) is 8.86. The lowest BCUT2D eigenvalue weighted by Crippen LogP contribution is -2.34. The second-order valence-corrected chi connectivity index (χ2v) is 5.31. The summed E-state index contributed by atoms with van der Waals surface area (Å²) in [7, 11) is 2.26. The van der Waals surface area contributed by atoms with Crippen molar-refractivity contribution < 1.29 is 0 Å². The first kappa shape index (κ1) is 13.5. The SMILES string of the molecule is CCNC1CCC(N(C)CCc2ccncc2)C1. The minimum atomic E-state index is 0.739. The lowest BCUT2D eigenvalue weighted by atomic mass is 10.1. The van der Waals surface area contributed by atoms with Crippen molar-refractivity contribution in [2.24, 2.45) is 0 Å². The smallest absolute Gasteiger partial charge is 0.0270 e. The first-order chi connectivity index (χ1) is 8.79. The summed E-state index contributed by atoms with van der Waals surface area (Å²) in [5, 5.41) is 3.57. The summed E-state index contributed by atoms with van der Waals surface area (Å²) < 4.78 is 0. The van der Waals surface area contributed by atoms with Crippen LogP contribution in [0, 0.1) is 0 Å². The fourth-order valence-electron chi connectivity index (χ4n) is 2.87. The van der Waals surface area contributed by atoms with Gasteiger partial charge < -0.3 is 10.2 Å². The Hall–Kier alpha value is -0.930. The Balaban J connectivity index is 1.74. The van der Waals surface area contributed by atoms with E-state index in [4.69, 9.17) is 0 Å². The second-order valence-electron chi connectivity index (χ2n) is 5.31. The molecule has 0 bridgehead atoms. The molecule has 18 heavy (non-hydrogen) atoms. The number of pyridine rings is 1. The van der Waals surface area contributed by atoms with Gasteiger partial charge in [0.25, 0.3) is 0 Å². The molecule has 1 aliphatic carbocycles. The van der Waals surface area contributed by atoms with Gasteiger partial charge in [-0.2, -0.15) is 0 Å². The predicted molar refractivity (Wildman–Crippen MR) is 75.7 cm³/mol. The zero-order chi connectivity index (χ0) is 12.8. The molecule has 0 aromatic carbocycles. The van der Waals surface area contributed by atoms with Crippen molar-refractivity contribution in [3.63, 3.8) is 0 Å². The maximum atomic E-state index is 4.06. The van der Waals surface area contributed by atoms with E-state index in [1.165, 1.54) is 24.8 Å². The monoisotopic (exact) mass is 247 g/mol. The van der Waals surface area contributed by atoms with Gasteiger partial charge in [-0.25, -0.2) is 0 Å². The maximum Gasteiger partial charge on any atom is 0.0270 e. The molecule has 0 spiro atoms. The largest absolute Gasteiger partial charge is 0.314 e. The summed E-state index contributed by atoms with van der Waals surface area (Å²) in [4.78, 5) is 6.58. The molecule has 2 unspecified atom stereocenters. The molecule has 1 aliphatic rings. The van der Waals surface area contributed by atoms with Gasteiger partial charge in [-0.15, -0.1) is 0 Å². The summed E-state index contributed by atoms with van der Waals surface area (Å²) >= 11 is 0. The number of nitrogens with zero attached hydrogens (tertiary/aromatic N) is 2. The minimum Gasteiger partial charge on any atom is -0.314 e. The van der Waals surface area contributed by atoms with Crippen LogP contribution in [-0.4, -0.2) is 42.1 Å². The molecule has 2 atom stereocenters. The van der Waals surface area contributed by atoms with Gasteiger partial charge in [0.05, 0.1) is 0 Å². The van der Waals surface area contributed by atoms with Gasteiger partial charge in [0.15, 0.2) is 0 Å². The van der Waals surface area contributed by atoms with Crippen LogP contribution in [0.1, 0.15) is 31.7 Å². The molecule has 1 aromatic rings. The van der Waals surface area contributed by atoms with Gasteiger partial charge in [-0.05, 0) is 57.0 Å². The average Bonchev–Trinajstić information content (AvgIpc) is 2.86. The fourth-order valence-corrected chi connectivity index (χ4v) is 2.87. The van der Waals surface area contributed by atoms with Crippen molar-refractivity contribution in [2.75, 3.05) is 20.1 Å². The maximum absolute atomic E-state index is 4.06. The lowest BCUT2D eigenvalue weighted by Gasteiger charge is -2.24. The molecule has 1 heterocycles. The number of likely N-dealkylation sites (N-methyl/N-ethyl adjacent to an activating group) is 1. The highest BCUT2D eigenvalue weighted by Gasteiger charge is 2.26. The molecule has 100 valence electrons. The van der Waals surface area contributed by atoms with E-state index in [1.807, 2.05) is 12.4 Å². The number of nitrogens with one attached hydrogen (secondary N) is 1. The zero-order valence-corrected chi connectivity index (χ0v) is 11.6. The third-order valence-electron chi connectivity index (χ3n) is 4.02. The Bertz CT molecular complexity index is 339. The lowest BCUT2D eigenvalue weighted by molar-refractivity contribution is 0.245. The Labute approximate surface area is 111 Å². The van der Waals surface area contributed by atoms with Crippen molar-refractivity contribution in [3.8, 4) is 0 Å². The number of aromatic nitrogens is 1. The molecule has 1 fully saturated rings. The standard InChI is InChI=1S/C15H25N3/c1-3-17-14-4-5-15(12-14)18(2)11-8-13-6-9-16-10-7-13/h6-7,9-10,14-15,17H,3-5,8,11-12H2,1-2H3. The van der Waals surface area contributed by atoms with E-state index in [0.717, 1.165) is 31.6 Å². The second kappa shape index (κ2) is 6.86. The zero-order valence-electron chi connectivity index (χ0n) is 11.6. The van der Waals surface area contributed by atoms with Crippen LogP contribution in [0.15, 0.2) is 24.5 Å². The third kappa shape index (κ3) is 3.79. The summed E-state index contributed by atoms with van der Waals surface area (Å²) in [6, 6.07) is 5.73. The molecule has 0 saturated heterocycles. The molecule has 0 amide bonds. The van der Waals surface area contributed by atoms with Crippen LogP contribution in [0.3, 0.4) is 0 Å². The van der Waals surface area contributed by atoms with Crippen molar-refractivity contribution in [3.05, 3.63) is 30.1 Å². The fraction of sp³-hybridized carbons (Fsp3) is 0.667. The average molecular weight is 247 g/mol. The molecule has 1 N–H and O–H groups in total. The minimum absolute atomic E-state index is 0.739. The molecule has 3 heteroatoms. The Morgan fingerprint density at radius 3 is 2.83 bits per heavy atom. The van der Waals surface area contributed by atoms with E-state index < -0.39 is 0 Å². The van der Waals surface area contributed by atoms with Crippen molar-refractivity contribution >= 4 is 0 Å². The van der Waals surface area contributed by atoms with Crippen molar-refractivity contribution in [1.82, 2.24) is 15.2 Å². The highest BCUT2D eigenvalue weighted by Crippen LogP contribution is 2.23. The van der Waals surface area contributed by atoms with E-state index in [2.05, 4.69) is 41.3 Å². The van der Waals surface area contributed by atoms with Gasteiger partial charge in [0.2, 0.25) is 0 Å². The van der Waals surface area contributed by atoms with Crippen molar-refractivity contribution in [2.45, 2.75) is 44.7 Å². The van der Waals surface area contributed by atoms with Gasteiger partial charge in [0, 0.05) is 31.0 Å². The van der Waals surface area contributed by atoms with Crippen LogP contribution in [0.25, 0.3) is 0 Å². The number of rotatable bonds is 6. The van der Waals surface area contributed by atoms with Crippen molar-refractivity contribution in [1.29, 1.82) is 0 Å². The topological polar surface area (TPSA) is 28.2 Å². The molecule has 2 rings (SSSR count). The molecule has 1 saturated carbocycles. The van der Waals surface area contributed by atoms with E-state index in [9.17, 15) is 0 Å². The van der Waals surface area contributed by atoms with Gasteiger partial charge in [-0.1, -0.05) is 6.92 Å². The normalized spacial score (nSPS) is 23.7. The molecular weight excluding hydrogens is 222 g/mol. The molecular formula is C15H25N3. The highest BCUT2D eigenvalue weighted by atomic mass is 15.1. The van der Waals surface area contributed by atoms with Crippen LogP contribution < -0.4 is 5.32 Å². The van der Waals surface area contributed by atoms with Gasteiger partial charge >= 0.3 is 0 Å². The first-order valence-electron chi connectivity index (χ1n) is 7.12. The van der Waals surface area contributed by atoms with Gasteiger partial charge in [-0.3, -0.25) is 4.98 Å². The van der Waals surface area contributed by atoms with Gasteiger partial charge in [0.1, 0.15) is 0 Å². The summed E-state index contributed by atoms with van der Waals surface area (Å²) in [5.41, 5.74) is 1.39. The first-order valence-corrected chi connectivity index (χ1v) is 7.12. The van der Waals surface area contributed by atoms with Crippen LogP contribution in [0.5, 0.6) is 0 Å². The Morgan fingerprint density at radius 1 is 1.33 bits per heavy atom. The number of hydrogen-bond donors (Lipinski definition) is 1. The molecule has 3 nitrogen and oxygen atoms in total. The van der Waals surface area contributed by atoms with Crippen LogP contribution in [-0.2, 0) is 6.42 Å². The molecule has 1 aromatic heterocycles. The molecule has 0 radical (unpaired) electrons. The summed E-state index contributed by atoms with van der Waals surface area (Å²) in [6.45, 7) is 4.44. The van der Waals surface area contributed by atoms with E-state index in [1.54, 1.807) is 0 Å². The predicted octanol–water partition coefficient (Wildman–Crippen LogP) is 2.09. The Morgan fingerprint density at radius 2 is 2.11 bits per heavy atom. The van der Waals surface area contributed by atoms with Crippen LogP contribution in [0.2, 0.25) is 0 Å². The number of hydrogen-bond acceptors (Lipinski definition) is 3. The van der Waals surface area contributed by atoms with E-state index in [-0.39, 0.29) is 0 Å².